The lowest BCUT2D eigenvalue weighted by Gasteiger charge is -2.36. The van der Waals surface area contributed by atoms with Gasteiger partial charge < -0.3 is 19.3 Å². The van der Waals surface area contributed by atoms with Crippen molar-refractivity contribution in [1.29, 1.82) is 0 Å². The van der Waals surface area contributed by atoms with Gasteiger partial charge in [-0.1, -0.05) is 0 Å². The molecule has 1 aromatic carbocycles. The first kappa shape index (κ1) is 18.5. The van der Waals surface area contributed by atoms with Crippen LogP contribution >= 0.6 is 15.9 Å². The molecule has 2 heterocycles. The number of hydrogen-bond donors (Lipinski definition) is 0. The van der Waals surface area contributed by atoms with Crippen LogP contribution in [0, 0.1) is 0 Å². The van der Waals surface area contributed by atoms with Crippen LogP contribution in [0.25, 0.3) is 0 Å². The first-order chi connectivity index (χ1) is 12.6. The molecule has 1 saturated heterocycles. The number of ether oxygens (including phenoxy) is 2. The van der Waals surface area contributed by atoms with Crippen molar-refractivity contribution in [3.05, 3.63) is 47.1 Å². The Balaban J connectivity index is 1.52. The van der Waals surface area contributed by atoms with E-state index in [2.05, 4.69) is 25.8 Å². The predicted octanol–water partition coefficient (Wildman–Crippen LogP) is 2.97. The molecule has 1 aliphatic heterocycles. The summed E-state index contributed by atoms with van der Waals surface area (Å²) in [5.41, 5.74) is 0. The summed E-state index contributed by atoms with van der Waals surface area (Å²) in [5, 5.41) is 0. The highest BCUT2D eigenvalue weighted by atomic mass is 79.9. The van der Waals surface area contributed by atoms with E-state index < -0.39 is 6.10 Å². The molecule has 1 amide bonds. The highest BCUT2D eigenvalue weighted by molar-refractivity contribution is 9.10. The zero-order chi connectivity index (χ0) is 18.5. The van der Waals surface area contributed by atoms with Crippen molar-refractivity contribution in [2.75, 3.05) is 38.2 Å². The highest BCUT2D eigenvalue weighted by Crippen LogP contribution is 2.20. The first-order valence-electron chi connectivity index (χ1n) is 8.53. The number of aromatic nitrogens is 1. The van der Waals surface area contributed by atoms with E-state index in [1.807, 2.05) is 29.2 Å². The smallest absolute Gasteiger partial charge is 0.263 e. The molecular formula is C19H22BrN3O3. The number of carbonyl (C=O) groups is 1. The number of amides is 1. The molecule has 138 valence electrons. The largest absolute Gasteiger partial charge is 0.497 e. The number of halogens is 1. The van der Waals surface area contributed by atoms with E-state index in [1.54, 1.807) is 32.4 Å². The molecule has 0 radical (unpaired) electrons. The number of rotatable bonds is 5. The molecule has 0 bridgehead atoms. The van der Waals surface area contributed by atoms with Crippen LogP contribution in [-0.2, 0) is 4.79 Å². The van der Waals surface area contributed by atoms with E-state index in [1.165, 1.54) is 0 Å². The molecule has 6 nitrogen and oxygen atoms in total. The zero-order valence-electron chi connectivity index (χ0n) is 14.9. The third kappa shape index (κ3) is 4.46. The Morgan fingerprint density at radius 2 is 1.73 bits per heavy atom. The molecule has 1 atom stereocenters. The highest BCUT2D eigenvalue weighted by Gasteiger charge is 2.26. The van der Waals surface area contributed by atoms with Gasteiger partial charge in [-0.2, -0.15) is 0 Å². The van der Waals surface area contributed by atoms with Gasteiger partial charge in [0.2, 0.25) is 0 Å². The van der Waals surface area contributed by atoms with Crippen LogP contribution in [0.2, 0.25) is 0 Å². The van der Waals surface area contributed by atoms with Crippen LogP contribution in [0.3, 0.4) is 0 Å². The summed E-state index contributed by atoms with van der Waals surface area (Å²) in [6, 6.07) is 11.2. The van der Waals surface area contributed by atoms with Crippen LogP contribution in [-0.4, -0.2) is 55.2 Å². The van der Waals surface area contributed by atoms with Crippen molar-refractivity contribution in [2.24, 2.45) is 0 Å². The molecule has 3 rings (SSSR count). The van der Waals surface area contributed by atoms with E-state index in [4.69, 9.17) is 9.47 Å². The average Bonchev–Trinajstić information content (AvgIpc) is 2.69. The second kappa shape index (κ2) is 8.40. The Morgan fingerprint density at radius 1 is 1.08 bits per heavy atom. The molecule has 0 saturated carbocycles. The molecule has 1 aromatic heterocycles. The van der Waals surface area contributed by atoms with Gasteiger partial charge >= 0.3 is 0 Å². The lowest BCUT2D eigenvalue weighted by Crippen LogP contribution is -2.52. The predicted molar refractivity (Wildman–Crippen MR) is 104 cm³/mol. The Kier molecular flexibility index (Phi) is 5.98. The van der Waals surface area contributed by atoms with Crippen molar-refractivity contribution in [3.8, 4) is 11.5 Å². The minimum absolute atomic E-state index is 0.00392. The van der Waals surface area contributed by atoms with E-state index in [0.717, 1.165) is 29.1 Å². The topological polar surface area (TPSA) is 54.9 Å². The zero-order valence-corrected chi connectivity index (χ0v) is 16.5. The summed E-state index contributed by atoms with van der Waals surface area (Å²) in [4.78, 5) is 21.1. The molecule has 0 N–H and O–H groups in total. The number of methoxy groups -OCH3 is 1. The lowest BCUT2D eigenvalue weighted by atomic mass is 10.2. The molecule has 2 aromatic rings. The van der Waals surface area contributed by atoms with Crippen molar-refractivity contribution >= 4 is 27.7 Å². The molecule has 0 aliphatic carbocycles. The van der Waals surface area contributed by atoms with Crippen LogP contribution in [0.4, 0.5) is 5.82 Å². The Bertz CT molecular complexity index is 729. The van der Waals surface area contributed by atoms with Crippen molar-refractivity contribution in [2.45, 2.75) is 13.0 Å². The third-order valence-electron chi connectivity index (χ3n) is 4.35. The number of anilines is 1. The minimum atomic E-state index is -0.527. The van der Waals surface area contributed by atoms with Gasteiger partial charge in [-0.05, 0) is 59.3 Å². The number of benzene rings is 1. The maximum absolute atomic E-state index is 12.6. The Labute approximate surface area is 161 Å². The summed E-state index contributed by atoms with van der Waals surface area (Å²) in [7, 11) is 1.62. The third-order valence-corrected chi connectivity index (χ3v) is 4.82. The summed E-state index contributed by atoms with van der Waals surface area (Å²) >= 11 is 3.39. The van der Waals surface area contributed by atoms with Crippen LogP contribution in [0.5, 0.6) is 11.5 Å². The maximum atomic E-state index is 12.6. The van der Waals surface area contributed by atoms with Gasteiger partial charge in [0.15, 0.2) is 6.10 Å². The van der Waals surface area contributed by atoms with Gasteiger partial charge in [0, 0.05) is 36.8 Å². The summed E-state index contributed by atoms with van der Waals surface area (Å²) in [6.07, 6.45) is 1.26. The molecule has 0 spiro atoms. The van der Waals surface area contributed by atoms with Crippen molar-refractivity contribution in [1.82, 2.24) is 9.88 Å². The van der Waals surface area contributed by atoms with Gasteiger partial charge in [0.25, 0.3) is 5.91 Å². The van der Waals surface area contributed by atoms with Crippen LogP contribution in [0.15, 0.2) is 47.1 Å². The number of carbonyl (C=O) groups excluding carboxylic acids is 1. The lowest BCUT2D eigenvalue weighted by molar-refractivity contribution is -0.138. The fourth-order valence-corrected chi connectivity index (χ4v) is 3.11. The Hall–Kier alpha value is -2.28. The number of pyridine rings is 1. The van der Waals surface area contributed by atoms with E-state index in [9.17, 15) is 4.79 Å². The van der Waals surface area contributed by atoms with Crippen LogP contribution in [0.1, 0.15) is 6.92 Å². The molecular weight excluding hydrogens is 398 g/mol. The molecule has 26 heavy (non-hydrogen) atoms. The SMILES string of the molecule is COc1ccc(OC(C)C(=O)N2CCN(c3ccc(Br)cn3)CC2)cc1. The molecule has 1 aliphatic rings. The molecule has 1 fully saturated rings. The number of hydrogen-bond acceptors (Lipinski definition) is 5. The molecule has 7 heteroatoms. The van der Waals surface area contributed by atoms with Crippen molar-refractivity contribution < 1.29 is 14.3 Å². The summed E-state index contributed by atoms with van der Waals surface area (Å²) in [6.45, 7) is 4.63. The monoisotopic (exact) mass is 419 g/mol. The van der Waals surface area contributed by atoms with Gasteiger partial charge in [0.1, 0.15) is 17.3 Å². The standard InChI is InChI=1S/C19H22BrN3O3/c1-14(26-17-6-4-16(25-2)5-7-17)19(24)23-11-9-22(10-12-23)18-8-3-15(20)13-21-18/h3-8,13-14H,9-12H2,1-2H3. The minimum Gasteiger partial charge on any atom is -0.497 e. The fourth-order valence-electron chi connectivity index (χ4n) is 2.88. The van der Waals surface area contributed by atoms with Gasteiger partial charge in [-0.3, -0.25) is 4.79 Å². The quantitative estimate of drug-likeness (QED) is 0.745. The molecule has 1 unspecified atom stereocenters. The number of nitrogens with zero attached hydrogens (tertiary/aromatic N) is 3. The average molecular weight is 420 g/mol. The summed E-state index contributed by atoms with van der Waals surface area (Å²) < 4.78 is 11.9. The number of piperazine rings is 1. The van der Waals surface area contributed by atoms with E-state index in [0.29, 0.717) is 18.8 Å². The van der Waals surface area contributed by atoms with E-state index >= 15 is 0 Å². The van der Waals surface area contributed by atoms with Gasteiger partial charge in [-0.15, -0.1) is 0 Å². The normalized spacial score (nSPS) is 15.5. The van der Waals surface area contributed by atoms with Gasteiger partial charge in [-0.25, -0.2) is 4.98 Å². The van der Waals surface area contributed by atoms with Crippen molar-refractivity contribution in [3.63, 3.8) is 0 Å². The summed E-state index contributed by atoms with van der Waals surface area (Å²) in [5.74, 6) is 2.35. The van der Waals surface area contributed by atoms with E-state index in [-0.39, 0.29) is 5.91 Å². The first-order valence-corrected chi connectivity index (χ1v) is 9.32. The second-order valence-corrected chi connectivity index (χ2v) is 7.00. The van der Waals surface area contributed by atoms with Crippen LogP contribution < -0.4 is 14.4 Å². The van der Waals surface area contributed by atoms with Gasteiger partial charge in [0.05, 0.1) is 7.11 Å². The Morgan fingerprint density at radius 3 is 2.31 bits per heavy atom. The second-order valence-electron chi connectivity index (χ2n) is 6.08. The fraction of sp³-hybridized carbons (Fsp3) is 0.368. The maximum Gasteiger partial charge on any atom is 0.263 e.